The van der Waals surface area contributed by atoms with Crippen molar-refractivity contribution in [2.75, 3.05) is 19.9 Å². The van der Waals surface area contributed by atoms with Crippen LogP contribution in [-0.2, 0) is 9.05 Å². The highest BCUT2D eigenvalue weighted by atomic mass is 31.2. The molecule has 0 saturated carbocycles. The predicted octanol–water partition coefficient (Wildman–Crippen LogP) is 3.00. The lowest BCUT2D eigenvalue weighted by molar-refractivity contribution is 0.177. The summed E-state index contributed by atoms with van der Waals surface area (Å²) in [6, 6.07) is 0. The maximum Gasteiger partial charge on any atom is 0.405 e. The van der Waals surface area contributed by atoms with Crippen LogP contribution in [0, 0.1) is 0 Å². The van der Waals surface area contributed by atoms with E-state index in [2.05, 4.69) is 13.8 Å². The molecular weight excluding hydrogens is 187 g/mol. The largest absolute Gasteiger partial charge is 0.405 e. The summed E-state index contributed by atoms with van der Waals surface area (Å²) < 4.78 is 10.5. The molecule has 0 aliphatic carbocycles. The molecular formula is C9H22O3P+. The third-order valence-corrected chi connectivity index (χ3v) is 2.98. The molecule has 13 heavy (non-hydrogen) atoms. The second-order valence-corrected chi connectivity index (χ2v) is 5.30. The Balaban J connectivity index is 3.42. The minimum Gasteiger partial charge on any atom is -0.193 e. The number of hydrogen-bond acceptors (Lipinski definition) is 3. The highest BCUT2D eigenvalue weighted by Crippen LogP contribution is 2.53. The normalized spacial score (nSPS) is 12.0. The first kappa shape index (κ1) is 13.3. The molecule has 0 aromatic rings. The lowest BCUT2D eigenvalue weighted by Gasteiger charge is -2.12. The Kier molecular flexibility index (Phi) is 7.87. The maximum atomic E-state index is 9.63. The van der Waals surface area contributed by atoms with Crippen molar-refractivity contribution >= 4 is 7.94 Å². The zero-order chi connectivity index (χ0) is 10.2. The molecule has 0 aliphatic rings. The van der Waals surface area contributed by atoms with Gasteiger partial charge in [-0.15, -0.1) is 0 Å². The molecule has 3 nitrogen and oxygen atoms in total. The van der Waals surface area contributed by atoms with Crippen molar-refractivity contribution in [2.45, 2.75) is 39.5 Å². The van der Waals surface area contributed by atoms with E-state index in [1.807, 2.05) is 0 Å². The maximum absolute atomic E-state index is 9.63. The zero-order valence-electron chi connectivity index (χ0n) is 8.95. The Hall–Kier alpha value is 0.310. The number of rotatable bonds is 8. The Morgan fingerprint density at radius 1 is 1.00 bits per heavy atom. The van der Waals surface area contributed by atoms with Crippen molar-refractivity contribution in [1.82, 2.24) is 0 Å². The summed E-state index contributed by atoms with van der Waals surface area (Å²) in [5.41, 5.74) is 0. The van der Waals surface area contributed by atoms with Gasteiger partial charge in [-0.25, -0.2) is 0 Å². The Bertz CT molecular complexity index is 105. The van der Waals surface area contributed by atoms with Crippen LogP contribution in [0.1, 0.15) is 39.5 Å². The zero-order valence-corrected chi connectivity index (χ0v) is 9.85. The molecule has 80 valence electrons. The van der Waals surface area contributed by atoms with Crippen molar-refractivity contribution < 1.29 is 13.9 Å². The summed E-state index contributed by atoms with van der Waals surface area (Å²) in [6.07, 6.45) is 4.12. The van der Waals surface area contributed by atoms with Crippen LogP contribution in [0.2, 0.25) is 0 Å². The fourth-order valence-electron chi connectivity index (χ4n) is 0.794. The second kappa shape index (κ2) is 7.69. The molecule has 0 unspecified atom stereocenters. The molecule has 0 amide bonds. The van der Waals surface area contributed by atoms with Crippen molar-refractivity contribution in [3.8, 4) is 0 Å². The molecule has 0 fully saturated rings. The molecule has 0 aromatic heterocycles. The smallest absolute Gasteiger partial charge is 0.193 e. The van der Waals surface area contributed by atoms with Crippen LogP contribution in [-0.4, -0.2) is 24.8 Å². The third-order valence-electron chi connectivity index (χ3n) is 1.66. The van der Waals surface area contributed by atoms with E-state index >= 15 is 0 Å². The van der Waals surface area contributed by atoms with Gasteiger partial charge in [0, 0.05) is 0 Å². The van der Waals surface area contributed by atoms with Crippen molar-refractivity contribution in [2.24, 2.45) is 0 Å². The molecule has 0 spiro atoms. The van der Waals surface area contributed by atoms with E-state index in [9.17, 15) is 4.89 Å². The summed E-state index contributed by atoms with van der Waals surface area (Å²) in [7, 11) is -2.50. The summed E-state index contributed by atoms with van der Waals surface area (Å²) >= 11 is 0. The van der Waals surface area contributed by atoms with Crippen LogP contribution < -0.4 is 0 Å². The molecule has 0 atom stereocenters. The minimum atomic E-state index is -2.50. The SMILES string of the molecule is CCCCO[P+](C)(O)OCCCC. The van der Waals surface area contributed by atoms with Crippen LogP contribution >= 0.6 is 7.94 Å². The van der Waals surface area contributed by atoms with Crippen LogP contribution in [0.25, 0.3) is 0 Å². The van der Waals surface area contributed by atoms with Crippen molar-refractivity contribution in [3.63, 3.8) is 0 Å². The lowest BCUT2D eigenvalue weighted by Crippen LogP contribution is -2.03. The fourth-order valence-corrected chi connectivity index (χ4v) is 1.80. The van der Waals surface area contributed by atoms with E-state index in [1.54, 1.807) is 6.66 Å². The molecule has 0 aliphatic heterocycles. The standard InChI is InChI=1S/C9H22O3P/c1-4-6-8-11-13(3,10)12-9-7-5-2/h10H,4-9H2,1-3H3/q+1. The topological polar surface area (TPSA) is 38.7 Å². The molecule has 1 N–H and O–H groups in total. The Morgan fingerprint density at radius 3 is 1.69 bits per heavy atom. The first-order valence-electron chi connectivity index (χ1n) is 5.00. The molecule has 0 aromatic carbocycles. The lowest BCUT2D eigenvalue weighted by atomic mass is 10.4. The van der Waals surface area contributed by atoms with Gasteiger partial charge < -0.3 is 0 Å². The van der Waals surface area contributed by atoms with Gasteiger partial charge in [0.1, 0.15) is 6.66 Å². The second-order valence-electron chi connectivity index (χ2n) is 3.18. The van der Waals surface area contributed by atoms with Gasteiger partial charge in [0.15, 0.2) is 0 Å². The van der Waals surface area contributed by atoms with E-state index in [-0.39, 0.29) is 0 Å². The number of unbranched alkanes of at least 4 members (excludes halogenated alkanes) is 2. The molecule has 0 rings (SSSR count). The molecule has 0 heterocycles. The highest BCUT2D eigenvalue weighted by molar-refractivity contribution is 7.59. The first-order chi connectivity index (χ1) is 6.12. The van der Waals surface area contributed by atoms with Gasteiger partial charge in [-0.05, 0) is 12.8 Å². The van der Waals surface area contributed by atoms with Crippen LogP contribution in [0.15, 0.2) is 0 Å². The molecule has 0 bridgehead atoms. The van der Waals surface area contributed by atoms with E-state index in [0.29, 0.717) is 13.2 Å². The summed E-state index contributed by atoms with van der Waals surface area (Å²) in [4.78, 5) is 9.63. The average molecular weight is 209 g/mol. The van der Waals surface area contributed by atoms with Crippen LogP contribution in [0.4, 0.5) is 0 Å². The van der Waals surface area contributed by atoms with Gasteiger partial charge in [0.05, 0.1) is 13.2 Å². The monoisotopic (exact) mass is 209 g/mol. The number of hydrogen-bond donors (Lipinski definition) is 1. The van der Waals surface area contributed by atoms with E-state index < -0.39 is 7.94 Å². The van der Waals surface area contributed by atoms with Crippen LogP contribution in [0.3, 0.4) is 0 Å². The van der Waals surface area contributed by atoms with Gasteiger partial charge >= 0.3 is 7.94 Å². The van der Waals surface area contributed by atoms with Gasteiger partial charge in [0.2, 0.25) is 0 Å². The minimum absolute atomic E-state index is 0.601. The van der Waals surface area contributed by atoms with Crippen LogP contribution in [0.5, 0.6) is 0 Å². The highest BCUT2D eigenvalue weighted by Gasteiger charge is 2.32. The van der Waals surface area contributed by atoms with Gasteiger partial charge in [-0.2, -0.15) is 13.9 Å². The van der Waals surface area contributed by atoms with E-state index in [0.717, 1.165) is 25.7 Å². The fraction of sp³-hybridized carbons (Fsp3) is 1.00. The predicted molar refractivity (Wildman–Crippen MR) is 56.8 cm³/mol. The molecule has 0 saturated heterocycles. The van der Waals surface area contributed by atoms with Gasteiger partial charge in [-0.3, -0.25) is 0 Å². The summed E-state index contributed by atoms with van der Waals surface area (Å²) in [5, 5.41) is 0. The van der Waals surface area contributed by atoms with Crippen molar-refractivity contribution in [1.29, 1.82) is 0 Å². The van der Waals surface area contributed by atoms with Gasteiger partial charge in [0.25, 0.3) is 0 Å². The third kappa shape index (κ3) is 8.63. The molecule has 0 radical (unpaired) electrons. The summed E-state index contributed by atoms with van der Waals surface area (Å²) in [6.45, 7) is 7.04. The Labute approximate surface area is 82.0 Å². The Morgan fingerprint density at radius 2 is 1.38 bits per heavy atom. The van der Waals surface area contributed by atoms with Gasteiger partial charge in [-0.1, -0.05) is 26.7 Å². The van der Waals surface area contributed by atoms with E-state index in [1.165, 1.54) is 0 Å². The average Bonchev–Trinajstić information content (AvgIpc) is 2.05. The summed E-state index contributed by atoms with van der Waals surface area (Å²) in [5.74, 6) is 0. The van der Waals surface area contributed by atoms with E-state index in [4.69, 9.17) is 9.05 Å². The van der Waals surface area contributed by atoms with Crippen molar-refractivity contribution in [3.05, 3.63) is 0 Å². The first-order valence-corrected chi connectivity index (χ1v) is 7.03. The molecule has 4 heteroatoms. The quantitative estimate of drug-likeness (QED) is 0.493.